The molecule has 0 spiro atoms. The number of benzene rings is 1. The lowest BCUT2D eigenvalue weighted by Gasteiger charge is -2.05. The van der Waals surface area contributed by atoms with Gasteiger partial charge in [-0.1, -0.05) is 16.8 Å². The van der Waals surface area contributed by atoms with Gasteiger partial charge in [0, 0.05) is 5.56 Å². The second kappa shape index (κ2) is 5.17. The van der Waals surface area contributed by atoms with Crippen LogP contribution in [-0.4, -0.2) is 26.7 Å². The molecule has 6 heteroatoms. The van der Waals surface area contributed by atoms with E-state index in [1.165, 1.54) is 0 Å². The number of aliphatic hydroxyl groups excluding tert-OH is 1. The summed E-state index contributed by atoms with van der Waals surface area (Å²) in [6, 6.07) is 6.88. The summed E-state index contributed by atoms with van der Waals surface area (Å²) < 4.78 is 1.57. The lowest BCUT2D eigenvalue weighted by Crippen LogP contribution is -2.09. The first-order valence-corrected chi connectivity index (χ1v) is 5.76. The monoisotopic (exact) mass is 262 g/mol. The molecule has 2 rings (SSSR count). The number of hydrogen-bond acceptors (Lipinski definition) is 4. The molecule has 0 saturated carbocycles. The first-order chi connectivity index (χ1) is 8.65. The minimum absolute atomic E-state index is 0.0100. The third-order valence-corrected chi connectivity index (χ3v) is 2.91. The van der Waals surface area contributed by atoms with Crippen molar-refractivity contribution in [2.45, 2.75) is 13.0 Å². The first kappa shape index (κ1) is 12.6. The Morgan fingerprint density at radius 1 is 1.56 bits per heavy atom. The number of nitriles is 1. The van der Waals surface area contributed by atoms with E-state index >= 15 is 0 Å². The fraction of sp³-hybridized carbons (Fsp3) is 0.250. The van der Waals surface area contributed by atoms with E-state index in [2.05, 4.69) is 10.3 Å². The van der Waals surface area contributed by atoms with Gasteiger partial charge in [0.05, 0.1) is 35.5 Å². The fourth-order valence-electron chi connectivity index (χ4n) is 1.49. The highest BCUT2D eigenvalue weighted by Crippen LogP contribution is 2.27. The fourth-order valence-corrected chi connectivity index (χ4v) is 1.77. The number of hydrogen-bond donors (Lipinski definition) is 1. The number of aromatic nitrogens is 3. The Bertz CT molecular complexity index is 602. The third kappa shape index (κ3) is 2.35. The maximum absolute atomic E-state index is 9.04. The van der Waals surface area contributed by atoms with Crippen LogP contribution in [0.4, 0.5) is 0 Å². The van der Waals surface area contributed by atoms with Crippen molar-refractivity contribution in [2.75, 3.05) is 6.61 Å². The average molecular weight is 263 g/mol. The van der Waals surface area contributed by atoms with Gasteiger partial charge in [0.25, 0.3) is 0 Å². The Labute approximate surface area is 109 Å². The smallest absolute Gasteiger partial charge is 0.114 e. The summed E-state index contributed by atoms with van der Waals surface area (Å²) in [6.45, 7) is 1.82. The number of nitrogens with zero attached hydrogens (tertiary/aromatic N) is 4. The van der Waals surface area contributed by atoms with Crippen LogP contribution in [0.25, 0.3) is 11.3 Å². The molecule has 0 amide bonds. The van der Waals surface area contributed by atoms with Crippen molar-refractivity contribution < 1.29 is 5.11 Å². The Morgan fingerprint density at radius 3 is 2.94 bits per heavy atom. The van der Waals surface area contributed by atoms with Crippen molar-refractivity contribution in [2.24, 2.45) is 0 Å². The standard InChI is InChI=1S/C12H11ClN4O/c1-8(7-18)17-6-12(15-16-17)10-3-2-9(5-14)4-11(10)13/h2-4,6,8,18H,7H2,1H3/t8-/m0/s1. The lowest BCUT2D eigenvalue weighted by atomic mass is 10.1. The van der Waals surface area contributed by atoms with Gasteiger partial charge in [-0.25, -0.2) is 4.68 Å². The van der Waals surface area contributed by atoms with E-state index < -0.39 is 0 Å². The summed E-state index contributed by atoms with van der Waals surface area (Å²) in [6.07, 6.45) is 1.72. The Kier molecular flexibility index (Phi) is 3.60. The molecule has 0 bridgehead atoms. The molecule has 5 nitrogen and oxygen atoms in total. The summed E-state index contributed by atoms with van der Waals surface area (Å²) in [5, 5.41) is 26.2. The molecule has 2 aromatic rings. The van der Waals surface area contributed by atoms with Crippen LogP contribution in [0.1, 0.15) is 18.5 Å². The molecular formula is C12H11ClN4O. The maximum Gasteiger partial charge on any atom is 0.114 e. The minimum atomic E-state index is -0.136. The molecule has 1 aromatic heterocycles. The molecule has 1 N–H and O–H groups in total. The molecule has 1 heterocycles. The van der Waals surface area contributed by atoms with Gasteiger partial charge in [-0.15, -0.1) is 5.10 Å². The molecule has 1 atom stereocenters. The lowest BCUT2D eigenvalue weighted by molar-refractivity contribution is 0.228. The molecular weight excluding hydrogens is 252 g/mol. The summed E-state index contributed by atoms with van der Waals surface area (Å²) in [5.74, 6) is 0. The van der Waals surface area contributed by atoms with Crippen LogP contribution in [0.15, 0.2) is 24.4 Å². The minimum Gasteiger partial charge on any atom is -0.394 e. The highest BCUT2D eigenvalue weighted by Gasteiger charge is 2.11. The molecule has 0 radical (unpaired) electrons. The summed E-state index contributed by atoms with van der Waals surface area (Å²) >= 11 is 6.09. The molecule has 0 saturated heterocycles. The number of rotatable bonds is 3. The van der Waals surface area contributed by atoms with Crippen LogP contribution in [-0.2, 0) is 0 Å². The Hall–Kier alpha value is -1.90. The molecule has 0 aliphatic heterocycles. The summed E-state index contributed by atoms with van der Waals surface area (Å²) in [5.41, 5.74) is 1.83. The van der Waals surface area contributed by atoms with Gasteiger partial charge in [-0.05, 0) is 25.1 Å². The van der Waals surface area contributed by atoms with Gasteiger partial charge in [0.2, 0.25) is 0 Å². The van der Waals surface area contributed by atoms with Gasteiger partial charge in [-0.2, -0.15) is 5.26 Å². The van der Waals surface area contributed by atoms with E-state index in [9.17, 15) is 0 Å². The summed E-state index contributed by atoms with van der Waals surface area (Å²) in [4.78, 5) is 0. The normalized spacial score (nSPS) is 12.1. The first-order valence-electron chi connectivity index (χ1n) is 5.38. The molecule has 0 aliphatic rings. The largest absolute Gasteiger partial charge is 0.394 e. The Balaban J connectivity index is 2.38. The molecule has 18 heavy (non-hydrogen) atoms. The van der Waals surface area contributed by atoms with Gasteiger partial charge in [-0.3, -0.25) is 0 Å². The topological polar surface area (TPSA) is 74.7 Å². The van der Waals surface area contributed by atoms with Crippen LogP contribution >= 0.6 is 11.6 Å². The van der Waals surface area contributed by atoms with Crippen LogP contribution in [0, 0.1) is 11.3 Å². The van der Waals surface area contributed by atoms with Gasteiger partial charge >= 0.3 is 0 Å². The number of aliphatic hydroxyl groups is 1. The zero-order valence-electron chi connectivity index (χ0n) is 9.71. The predicted octanol–water partition coefficient (Wildman–Crippen LogP) is 2.02. The van der Waals surface area contributed by atoms with Crippen molar-refractivity contribution in [1.82, 2.24) is 15.0 Å². The molecule has 92 valence electrons. The van der Waals surface area contributed by atoms with E-state index in [1.54, 1.807) is 29.1 Å². The van der Waals surface area contributed by atoms with E-state index in [0.29, 0.717) is 21.8 Å². The zero-order valence-corrected chi connectivity index (χ0v) is 10.5. The van der Waals surface area contributed by atoms with Crippen molar-refractivity contribution in [3.8, 4) is 17.3 Å². The quantitative estimate of drug-likeness (QED) is 0.918. The molecule has 0 fully saturated rings. The van der Waals surface area contributed by atoms with Crippen molar-refractivity contribution in [3.05, 3.63) is 35.0 Å². The average Bonchev–Trinajstić information content (AvgIpc) is 2.87. The SMILES string of the molecule is C[C@@H](CO)n1cc(-c2ccc(C#N)cc2Cl)nn1. The third-order valence-electron chi connectivity index (χ3n) is 2.60. The summed E-state index contributed by atoms with van der Waals surface area (Å²) in [7, 11) is 0. The molecule has 0 unspecified atom stereocenters. The highest BCUT2D eigenvalue weighted by molar-refractivity contribution is 6.33. The van der Waals surface area contributed by atoms with Gasteiger partial charge < -0.3 is 5.11 Å². The van der Waals surface area contributed by atoms with Crippen LogP contribution < -0.4 is 0 Å². The van der Waals surface area contributed by atoms with Gasteiger partial charge in [0.15, 0.2) is 0 Å². The second-order valence-electron chi connectivity index (χ2n) is 3.92. The highest BCUT2D eigenvalue weighted by atomic mass is 35.5. The van der Waals surface area contributed by atoms with Crippen molar-refractivity contribution in [1.29, 1.82) is 5.26 Å². The van der Waals surface area contributed by atoms with E-state index in [0.717, 1.165) is 0 Å². The molecule has 1 aromatic carbocycles. The van der Waals surface area contributed by atoms with Crippen LogP contribution in [0.3, 0.4) is 0 Å². The van der Waals surface area contributed by atoms with Crippen molar-refractivity contribution in [3.63, 3.8) is 0 Å². The predicted molar refractivity (Wildman–Crippen MR) is 67.0 cm³/mol. The van der Waals surface area contributed by atoms with E-state index in [-0.39, 0.29) is 12.6 Å². The Morgan fingerprint density at radius 2 is 2.33 bits per heavy atom. The van der Waals surface area contributed by atoms with Crippen molar-refractivity contribution >= 4 is 11.6 Å². The van der Waals surface area contributed by atoms with Gasteiger partial charge in [0.1, 0.15) is 5.69 Å². The zero-order chi connectivity index (χ0) is 13.1. The maximum atomic E-state index is 9.04. The second-order valence-corrected chi connectivity index (χ2v) is 4.33. The molecule has 0 aliphatic carbocycles. The van der Waals surface area contributed by atoms with E-state index in [4.69, 9.17) is 22.0 Å². The number of halogens is 1. The van der Waals surface area contributed by atoms with Crippen LogP contribution in [0.5, 0.6) is 0 Å². The van der Waals surface area contributed by atoms with Crippen LogP contribution in [0.2, 0.25) is 5.02 Å². The van der Waals surface area contributed by atoms with E-state index in [1.807, 2.05) is 13.0 Å².